The predicted molar refractivity (Wildman–Crippen MR) is 100 cm³/mol. The molecule has 5 nitrogen and oxygen atoms in total. The molecule has 2 aliphatic heterocycles. The van der Waals surface area contributed by atoms with Crippen molar-refractivity contribution in [2.24, 2.45) is 0 Å². The normalized spacial score (nSPS) is 33.7. The van der Waals surface area contributed by atoms with Gasteiger partial charge in [-0.1, -0.05) is 51.4 Å². The fraction of sp³-hybridized carbons (Fsp3) is 0.500. The number of terminal acetylenes is 2. The second-order valence-electron chi connectivity index (χ2n) is 6.16. The van der Waals surface area contributed by atoms with Crippen molar-refractivity contribution >= 4 is 9.24 Å². The van der Waals surface area contributed by atoms with E-state index in [1.165, 1.54) is 0 Å². The number of hydrogen-bond acceptors (Lipinski definition) is 5. The van der Waals surface area contributed by atoms with Crippen molar-refractivity contribution in [1.29, 1.82) is 0 Å². The Morgan fingerprint density at radius 3 is 2.42 bits per heavy atom. The number of rotatable bonds is 6. The molecule has 138 valence electrons. The molecule has 0 amide bonds. The quantitative estimate of drug-likeness (QED) is 0.559. The van der Waals surface area contributed by atoms with E-state index in [1.54, 1.807) is 0 Å². The summed E-state index contributed by atoms with van der Waals surface area (Å²) < 4.78 is 29.6. The molecule has 7 atom stereocenters. The van der Waals surface area contributed by atoms with E-state index in [1.807, 2.05) is 18.2 Å². The van der Waals surface area contributed by atoms with Crippen LogP contribution in [0.4, 0.5) is 0 Å². The summed E-state index contributed by atoms with van der Waals surface area (Å²) in [6.45, 7) is 0.739. The minimum absolute atomic E-state index is 0.160. The summed E-state index contributed by atoms with van der Waals surface area (Å²) in [6, 6.07) is 9.66. The highest BCUT2D eigenvalue weighted by Gasteiger charge is 2.50. The molecule has 2 aliphatic rings. The Labute approximate surface area is 156 Å². The van der Waals surface area contributed by atoms with Crippen molar-refractivity contribution in [2.75, 3.05) is 19.8 Å². The summed E-state index contributed by atoms with van der Waals surface area (Å²) in [5, 5.41) is 0. The van der Waals surface area contributed by atoms with Crippen molar-refractivity contribution in [3.8, 4) is 24.7 Å². The highest BCUT2D eigenvalue weighted by Crippen LogP contribution is 2.34. The first-order valence-electron chi connectivity index (χ1n) is 8.55. The molecule has 26 heavy (non-hydrogen) atoms. The van der Waals surface area contributed by atoms with Gasteiger partial charge in [0.05, 0.1) is 12.7 Å². The Bertz CT molecular complexity index is 652. The Morgan fingerprint density at radius 1 is 1.04 bits per heavy atom. The van der Waals surface area contributed by atoms with Crippen molar-refractivity contribution in [3.05, 3.63) is 35.9 Å². The third-order valence-corrected chi connectivity index (χ3v) is 4.79. The Kier molecular flexibility index (Phi) is 7.06. The molecule has 0 bridgehead atoms. The van der Waals surface area contributed by atoms with Crippen molar-refractivity contribution in [1.82, 2.24) is 0 Å². The number of fused-ring (bicyclic) bond motifs is 1. The summed E-state index contributed by atoms with van der Waals surface area (Å²) >= 11 is 0. The molecule has 4 unspecified atom stereocenters. The van der Waals surface area contributed by atoms with Crippen molar-refractivity contribution in [3.63, 3.8) is 0 Å². The third kappa shape index (κ3) is 4.64. The van der Waals surface area contributed by atoms with Crippen LogP contribution in [0.1, 0.15) is 5.56 Å². The van der Waals surface area contributed by atoms with E-state index in [9.17, 15) is 0 Å². The van der Waals surface area contributed by atoms with Crippen LogP contribution in [0, 0.1) is 24.7 Å². The number of hydrogen-bond donors (Lipinski definition) is 0. The minimum atomic E-state index is -0.421. The van der Waals surface area contributed by atoms with Gasteiger partial charge in [0, 0.05) is 6.42 Å². The molecule has 0 aromatic heterocycles. The van der Waals surface area contributed by atoms with Crippen molar-refractivity contribution < 1.29 is 23.7 Å². The van der Waals surface area contributed by atoms with Crippen LogP contribution in [-0.4, -0.2) is 56.4 Å². The van der Waals surface area contributed by atoms with Crippen LogP contribution in [0.2, 0.25) is 0 Å². The van der Waals surface area contributed by atoms with Gasteiger partial charge in [-0.15, -0.1) is 12.8 Å². The second kappa shape index (κ2) is 9.49. The smallest absolute Gasteiger partial charge is 0.170 e. The molecule has 3 rings (SSSR count). The van der Waals surface area contributed by atoms with Crippen molar-refractivity contribution in [2.45, 2.75) is 43.0 Å². The summed E-state index contributed by atoms with van der Waals surface area (Å²) in [6.07, 6.45) is 9.84. The van der Waals surface area contributed by atoms with Crippen LogP contribution in [0.25, 0.3) is 0 Å². The minimum Gasteiger partial charge on any atom is -0.367 e. The third-order valence-electron chi connectivity index (χ3n) is 4.44. The van der Waals surface area contributed by atoms with E-state index >= 15 is 0 Å². The summed E-state index contributed by atoms with van der Waals surface area (Å²) in [4.78, 5) is 0. The van der Waals surface area contributed by atoms with Crippen LogP contribution >= 0.6 is 9.24 Å². The van der Waals surface area contributed by atoms with E-state index < -0.39 is 12.1 Å². The lowest BCUT2D eigenvalue weighted by atomic mass is 9.90. The lowest BCUT2D eigenvalue weighted by Crippen LogP contribution is -2.64. The zero-order valence-electron chi connectivity index (χ0n) is 14.5. The fourth-order valence-corrected chi connectivity index (χ4v) is 3.66. The average molecular weight is 374 g/mol. The SMILES string of the molecule is C#CCOC1[C@@H]2O[C@H](P)OCC2OC(Cc2ccccc2)[C@@H]1OCC#C. The van der Waals surface area contributed by atoms with Gasteiger partial charge in [-0.05, 0) is 5.56 Å². The molecular formula is C20H23O5P. The molecule has 0 radical (unpaired) electrons. The maximum absolute atomic E-state index is 6.28. The van der Waals surface area contributed by atoms with Gasteiger partial charge in [-0.25, -0.2) is 0 Å². The number of benzene rings is 1. The summed E-state index contributed by atoms with van der Waals surface area (Å²) in [5.74, 6) is 5.03. The van der Waals surface area contributed by atoms with E-state index in [0.717, 1.165) is 5.56 Å². The predicted octanol–water partition coefficient (Wildman–Crippen LogP) is 1.61. The average Bonchev–Trinajstić information content (AvgIpc) is 2.66. The highest BCUT2D eigenvalue weighted by molar-refractivity contribution is 7.16. The zero-order valence-corrected chi connectivity index (χ0v) is 15.6. The molecule has 6 heteroatoms. The Balaban J connectivity index is 1.84. The van der Waals surface area contributed by atoms with Crippen LogP contribution < -0.4 is 0 Å². The molecule has 1 aromatic rings. The van der Waals surface area contributed by atoms with Gasteiger partial charge in [0.25, 0.3) is 0 Å². The van der Waals surface area contributed by atoms with E-state index in [2.05, 4.69) is 33.2 Å². The summed E-state index contributed by atoms with van der Waals surface area (Å²) in [5.41, 5.74) is 1.14. The first-order valence-corrected chi connectivity index (χ1v) is 9.21. The van der Waals surface area contributed by atoms with Crippen LogP contribution in [0.3, 0.4) is 0 Å². The second-order valence-corrected chi connectivity index (χ2v) is 6.71. The monoisotopic (exact) mass is 374 g/mol. The molecule has 0 N–H and O–H groups in total. The van der Waals surface area contributed by atoms with Gasteiger partial charge in [0.1, 0.15) is 37.6 Å². The molecule has 0 saturated carbocycles. The lowest BCUT2D eigenvalue weighted by Gasteiger charge is -2.48. The topological polar surface area (TPSA) is 46.2 Å². The Hall–Kier alpha value is -1.43. The van der Waals surface area contributed by atoms with E-state index in [4.69, 9.17) is 36.5 Å². The van der Waals surface area contributed by atoms with Gasteiger partial charge in [-0.2, -0.15) is 0 Å². The molecule has 0 spiro atoms. The molecule has 0 aliphatic carbocycles. The number of ether oxygens (including phenoxy) is 5. The first kappa shape index (κ1) is 19.3. The molecule has 1 aromatic carbocycles. The first-order chi connectivity index (χ1) is 12.7. The molecule has 2 saturated heterocycles. The maximum atomic E-state index is 6.28. The van der Waals surface area contributed by atoms with Gasteiger partial charge in [0.2, 0.25) is 0 Å². The van der Waals surface area contributed by atoms with Crippen LogP contribution in [0.15, 0.2) is 30.3 Å². The molecule has 2 heterocycles. The van der Waals surface area contributed by atoms with Crippen LogP contribution in [-0.2, 0) is 30.1 Å². The van der Waals surface area contributed by atoms with Gasteiger partial charge in [0.15, 0.2) is 6.03 Å². The largest absolute Gasteiger partial charge is 0.367 e. The van der Waals surface area contributed by atoms with E-state index in [0.29, 0.717) is 13.0 Å². The van der Waals surface area contributed by atoms with Crippen LogP contribution in [0.5, 0.6) is 0 Å². The summed E-state index contributed by atoms with van der Waals surface area (Å²) in [7, 11) is 2.50. The maximum Gasteiger partial charge on any atom is 0.170 e. The highest BCUT2D eigenvalue weighted by atomic mass is 31.0. The zero-order chi connectivity index (χ0) is 18.4. The van der Waals surface area contributed by atoms with Gasteiger partial charge < -0.3 is 23.7 Å². The van der Waals surface area contributed by atoms with Gasteiger partial charge in [-0.3, -0.25) is 0 Å². The van der Waals surface area contributed by atoms with E-state index in [-0.39, 0.29) is 37.6 Å². The molecule has 2 fully saturated rings. The lowest BCUT2D eigenvalue weighted by molar-refractivity contribution is -0.313. The standard InChI is InChI=1S/C20H23O5P/c1-3-10-21-17-15(12-14-8-6-5-7-9-14)24-16-13-23-20(26)25-18(16)19(17)22-11-4-2/h1-2,5-9,15-20H,10-13,26H2/t15?,16?,17-,18+,19?,20+/m0/s1. The Morgan fingerprint density at radius 2 is 1.73 bits per heavy atom. The van der Waals surface area contributed by atoms with Gasteiger partial charge >= 0.3 is 0 Å². The molecular weight excluding hydrogens is 351 g/mol. The fourth-order valence-electron chi connectivity index (χ4n) is 3.36.